The Morgan fingerprint density at radius 3 is 2.64 bits per heavy atom. The van der Waals surface area contributed by atoms with Gasteiger partial charge in [-0.05, 0) is 48.6 Å². The maximum atomic E-state index is 11.4. The third-order valence-electron chi connectivity index (χ3n) is 5.89. The van der Waals surface area contributed by atoms with Gasteiger partial charge in [0.2, 0.25) is 5.95 Å². The normalized spacial score (nSPS) is 17.8. The summed E-state index contributed by atoms with van der Waals surface area (Å²) in [4.78, 5) is 20.7. The number of nitrogen functional groups attached to an aromatic ring is 1. The van der Waals surface area contributed by atoms with E-state index in [1.807, 2.05) is 30.3 Å². The molecule has 168 valence electrons. The van der Waals surface area contributed by atoms with Crippen LogP contribution in [0.25, 0.3) is 11.1 Å². The number of benzene rings is 2. The minimum atomic E-state index is -0.569. The van der Waals surface area contributed by atoms with Crippen molar-refractivity contribution in [2.45, 2.75) is 18.9 Å². The molecule has 0 bridgehead atoms. The van der Waals surface area contributed by atoms with E-state index in [4.69, 9.17) is 16.5 Å². The molecule has 1 aliphatic carbocycles. The molecule has 1 unspecified atom stereocenters. The predicted octanol–water partition coefficient (Wildman–Crippen LogP) is 3.05. The van der Waals surface area contributed by atoms with Gasteiger partial charge in [-0.15, -0.1) is 0 Å². The number of nitrogens with one attached hydrogen (secondary N) is 3. The minimum absolute atomic E-state index is 0.275. The first-order chi connectivity index (χ1) is 16.0. The molecule has 1 atom stereocenters. The SMILES string of the molecule is CN1NC(Nc2nc(Nc3ccc(C(N)=O)c(N)c3)ncc2-c2ccccc2)=CC1C1CC1. The molecular weight excluding hydrogens is 416 g/mol. The topological polar surface area (TPSA) is 134 Å². The monoisotopic (exact) mass is 442 g/mol. The fourth-order valence-electron chi connectivity index (χ4n) is 4.03. The Labute approximate surface area is 191 Å². The lowest BCUT2D eigenvalue weighted by Gasteiger charge is -2.19. The highest BCUT2D eigenvalue weighted by Crippen LogP contribution is 2.37. The van der Waals surface area contributed by atoms with Gasteiger partial charge < -0.3 is 27.5 Å². The number of carbonyl (C=O) groups excluding carboxylic acids is 1. The number of likely N-dealkylation sites (N-methyl/N-ethyl adjacent to an activating group) is 1. The summed E-state index contributed by atoms with van der Waals surface area (Å²) in [7, 11) is 2.05. The first kappa shape index (κ1) is 20.8. The zero-order valence-corrected chi connectivity index (χ0v) is 18.2. The van der Waals surface area contributed by atoms with Crippen molar-refractivity contribution in [2.24, 2.45) is 11.7 Å². The number of hydrogen-bond acceptors (Lipinski definition) is 8. The second kappa shape index (κ2) is 8.44. The molecular formula is C24H26N8O. The quantitative estimate of drug-likeness (QED) is 0.353. The van der Waals surface area contributed by atoms with E-state index < -0.39 is 5.91 Å². The number of aromatic nitrogens is 2. The zero-order valence-electron chi connectivity index (χ0n) is 18.2. The molecule has 1 aromatic heterocycles. The van der Waals surface area contributed by atoms with Gasteiger partial charge in [-0.1, -0.05) is 30.3 Å². The Bertz CT molecular complexity index is 1220. The summed E-state index contributed by atoms with van der Waals surface area (Å²) in [5.74, 6) is 2.09. The van der Waals surface area contributed by atoms with Crippen molar-refractivity contribution in [3.8, 4) is 11.1 Å². The maximum Gasteiger partial charge on any atom is 0.250 e. The fourth-order valence-corrected chi connectivity index (χ4v) is 4.03. The van der Waals surface area contributed by atoms with Crippen molar-refractivity contribution in [3.63, 3.8) is 0 Å². The molecule has 1 aliphatic heterocycles. The molecule has 5 rings (SSSR count). The smallest absolute Gasteiger partial charge is 0.250 e. The number of nitrogens with two attached hydrogens (primary N) is 2. The van der Waals surface area contributed by atoms with Crippen LogP contribution in [0.2, 0.25) is 0 Å². The molecule has 1 fully saturated rings. The third kappa shape index (κ3) is 4.44. The second-order valence-electron chi connectivity index (χ2n) is 8.37. The van der Waals surface area contributed by atoms with Crippen LogP contribution in [0, 0.1) is 5.92 Å². The first-order valence-electron chi connectivity index (χ1n) is 10.8. The van der Waals surface area contributed by atoms with Gasteiger partial charge >= 0.3 is 0 Å². The van der Waals surface area contributed by atoms with E-state index >= 15 is 0 Å². The summed E-state index contributed by atoms with van der Waals surface area (Å²) in [5.41, 5.74) is 17.8. The number of anilines is 4. The summed E-state index contributed by atoms with van der Waals surface area (Å²) in [5, 5.41) is 8.73. The van der Waals surface area contributed by atoms with Gasteiger partial charge in [0, 0.05) is 30.2 Å². The maximum absolute atomic E-state index is 11.4. The van der Waals surface area contributed by atoms with Crippen molar-refractivity contribution < 1.29 is 4.79 Å². The van der Waals surface area contributed by atoms with Crippen LogP contribution in [0.3, 0.4) is 0 Å². The number of rotatable bonds is 7. The van der Waals surface area contributed by atoms with Crippen LogP contribution >= 0.6 is 0 Å². The van der Waals surface area contributed by atoms with Gasteiger partial charge in [0.15, 0.2) is 0 Å². The van der Waals surface area contributed by atoms with Gasteiger partial charge in [0.05, 0.1) is 11.6 Å². The fraction of sp³-hybridized carbons (Fsp3) is 0.208. The average Bonchev–Trinajstić information content (AvgIpc) is 3.57. The van der Waals surface area contributed by atoms with Gasteiger partial charge in [0.25, 0.3) is 5.91 Å². The van der Waals surface area contributed by atoms with Crippen LogP contribution in [0.5, 0.6) is 0 Å². The number of hydrogen-bond donors (Lipinski definition) is 5. The van der Waals surface area contributed by atoms with E-state index in [1.165, 1.54) is 12.8 Å². The molecule has 33 heavy (non-hydrogen) atoms. The Morgan fingerprint density at radius 2 is 1.94 bits per heavy atom. The molecule has 9 nitrogen and oxygen atoms in total. The van der Waals surface area contributed by atoms with Gasteiger partial charge in [0.1, 0.15) is 11.6 Å². The van der Waals surface area contributed by atoms with Crippen molar-refractivity contribution in [1.82, 2.24) is 20.4 Å². The molecule has 1 saturated carbocycles. The average molecular weight is 443 g/mol. The summed E-state index contributed by atoms with van der Waals surface area (Å²) in [6, 6.07) is 15.3. The number of primary amides is 1. The Morgan fingerprint density at radius 1 is 1.15 bits per heavy atom. The van der Waals surface area contributed by atoms with Gasteiger partial charge in [-0.2, -0.15) is 4.98 Å². The molecule has 3 aromatic rings. The molecule has 0 radical (unpaired) electrons. The van der Waals surface area contributed by atoms with Crippen molar-refractivity contribution in [2.75, 3.05) is 23.4 Å². The summed E-state index contributed by atoms with van der Waals surface area (Å²) in [6.07, 6.45) is 6.51. The van der Waals surface area contributed by atoms with Crippen LogP contribution in [-0.2, 0) is 0 Å². The second-order valence-corrected chi connectivity index (χ2v) is 8.37. The number of hydrazine groups is 1. The molecule has 2 heterocycles. The lowest BCUT2D eigenvalue weighted by atomic mass is 10.1. The standard InChI is InChI=1S/C24H26N8O/c1-32-20(15-7-8-15)12-21(31-32)29-23-18(14-5-3-2-4-6-14)13-27-24(30-23)28-16-9-10-17(22(26)33)19(25)11-16/h2-6,9-13,15,20,31H,7-8,25H2,1H3,(H2,26,33)(H2,27,28,29,30). The van der Waals surface area contributed by atoms with Gasteiger partial charge in [-0.3, -0.25) is 4.79 Å². The minimum Gasteiger partial charge on any atom is -0.398 e. The molecule has 2 aliphatic rings. The Hall–Kier alpha value is -4.11. The molecule has 2 aromatic carbocycles. The summed E-state index contributed by atoms with van der Waals surface area (Å²) >= 11 is 0. The van der Waals surface area contributed by atoms with Gasteiger partial charge in [-0.25, -0.2) is 9.99 Å². The summed E-state index contributed by atoms with van der Waals surface area (Å²) < 4.78 is 0. The van der Waals surface area contributed by atoms with Crippen molar-refractivity contribution in [1.29, 1.82) is 0 Å². The third-order valence-corrected chi connectivity index (χ3v) is 5.89. The number of nitrogens with zero attached hydrogens (tertiary/aromatic N) is 3. The molecule has 0 spiro atoms. The highest BCUT2D eigenvalue weighted by atomic mass is 16.1. The predicted molar refractivity (Wildman–Crippen MR) is 129 cm³/mol. The van der Waals surface area contributed by atoms with E-state index in [2.05, 4.69) is 39.2 Å². The first-order valence-corrected chi connectivity index (χ1v) is 10.8. The number of carbonyl (C=O) groups is 1. The van der Waals surface area contributed by atoms with Crippen LogP contribution in [0.15, 0.2) is 66.6 Å². The van der Waals surface area contributed by atoms with E-state index in [0.29, 0.717) is 35.1 Å². The largest absolute Gasteiger partial charge is 0.398 e. The van der Waals surface area contributed by atoms with E-state index in [1.54, 1.807) is 24.4 Å². The molecule has 0 saturated heterocycles. The van der Waals surface area contributed by atoms with Crippen LogP contribution in [0.1, 0.15) is 23.2 Å². The molecule has 7 N–H and O–H groups in total. The zero-order chi connectivity index (χ0) is 22.9. The van der Waals surface area contributed by atoms with E-state index in [0.717, 1.165) is 16.9 Å². The van der Waals surface area contributed by atoms with Crippen LogP contribution in [-0.4, -0.2) is 34.0 Å². The van der Waals surface area contributed by atoms with Crippen molar-refractivity contribution >= 4 is 29.0 Å². The molecule has 9 heteroatoms. The lowest BCUT2D eigenvalue weighted by Crippen LogP contribution is -2.36. The lowest BCUT2D eigenvalue weighted by molar-refractivity contribution is 0.100. The molecule has 1 amide bonds. The van der Waals surface area contributed by atoms with Crippen LogP contribution < -0.4 is 27.5 Å². The van der Waals surface area contributed by atoms with Crippen molar-refractivity contribution in [3.05, 3.63) is 72.2 Å². The highest BCUT2D eigenvalue weighted by Gasteiger charge is 2.36. The highest BCUT2D eigenvalue weighted by molar-refractivity contribution is 5.98. The van der Waals surface area contributed by atoms with E-state index in [-0.39, 0.29) is 5.56 Å². The Balaban J connectivity index is 1.45. The summed E-state index contributed by atoms with van der Waals surface area (Å²) in [6.45, 7) is 0. The Kier molecular flexibility index (Phi) is 5.31. The van der Waals surface area contributed by atoms with E-state index in [9.17, 15) is 4.79 Å². The number of amides is 1. The van der Waals surface area contributed by atoms with Crippen LogP contribution in [0.4, 0.5) is 23.1 Å².